The number of halogens is 1. The van der Waals surface area contributed by atoms with Crippen molar-refractivity contribution in [3.05, 3.63) is 45.1 Å². The number of hydrogen-bond donors (Lipinski definition) is 1. The topological polar surface area (TPSA) is 47.6 Å². The highest BCUT2D eigenvalue weighted by Crippen LogP contribution is 2.37. The van der Waals surface area contributed by atoms with Crippen molar-refractivity contribution < 1.29 is 14.3 Å². The molecule has 1 aromatic carbocycles. The number of rotatable bonds is 3. The molecule has 4 nitrogen and oxygen atoms in total. The number of thiophene rings is 1. The Morgan fingerprint density at radius 2 is 2.05 bits per heavy atom. The molecule has 0 saturated heterocycles. The number of hydrogen-bond acceptors (Lipinski definition) is 4. The summed E-state index contributed by atoms with van der Waals surface area (Å²) in [6.45, 7) is 3.13. The van der Waals surface area contributed by atoms with Crippen LogP contribution in [0.15, 0.2) is 29.6 Å². The molecule has 1 aliphatic rings. The Morgan fingerprint density at radius 3 is 2.73 bits per heavy atom. The Morgan fingerprint density at radius 1 is 1.32 bits per heavy atom. The van der Waals surface area contributed by atoms with Gasteiger partial charge in [0.2, 0.25) is 0 Å². The first-order chi connectivity index (χ1) is 10.6. The van der Waals surface area contributed by atoms with E-state index in [1.165, 1.54) is 11.3 Å². The molecule has 0 fully saturated rings. The van der Waals surface area contributed by atoms with E-state index >= 15 is 0 Å². The quantitative estimate of drug-likeness (QED) is 0.919. The Balaban J connectivity index is 1.81. The van der Waals surface area contributed by atoms with Crippen LogP contribution in [-0.2, 0) is 0 Å². The molecule has 0 radical (unpaired) electrons. The minimum Gasteiger partial charge on any atom is -0.490 e. The van der Waals surface area contributed by atoms with Gasteiger partial charge in [-0.3, -0.25) is 4.79 Å². The van der Waals surface area contributed by atoms with Gasteiger partial charge in [-0.15, -0.1) is 11.3 Å². The van der Waals surface area contributed by atoms with Crippen molar-refractivity contribution in [2.75, 3.05) is 13.2 Å². The van der Waals surface area contributed by atoms with Gasteiger partial charge in [-0.05, 0) is 30.0 Å². The standard InChI is InChI=1S/C16H16ClNO3S/c1-10(18-16(19)15-4-2-7-22-15)11-8-13-14(9-12(11)17)21-6-3-5-20-13/h2,4,7-10H,3,5-6H2,1H3,(H,18,19). The molecule has 2 aromatic rings. The van der Waals surface area contributed by atoms with Crippen molar-refractivity contribution in [1.29, 1.82) is 0 Å². The zero-order valence-electron chi connectivity index (χ0n) is 12.1. The van der Waals surface area contributed by atoms with E-state index in [-0.39, 0.29) is 11.9 Å². The van der Waals surface area contributed by atoms with Crippen LogP contribution in [0.4, 0.5) is 0 Å². The van der Waals surface area contributed by atoms with Gasteiger partial charge in [0.25, 0.3) is 5.91 Å². The van der Waals surface area contributed by atoms with Crippen LogP contribution in [0.2, 0.25) is 5.02 Å². The van der Waals surface area contributed by atoms with Crippen LogP contribution in [0.25, 0.3) is 0 Å². The highest BCUT2D eigenvalue weighted by molar-refractivity contribution is 7.12. The normalized spacial score (nSPS) is 15.0. The first-order valence-corrected chi connectivity index (χ1v) is 8.34. The molecular weight excluding hydrogens is 322 g/mol. The molecule has 0 saturated carbocycles. The molecule has 1 aromatic heterocycles. The zero-order valence-corrected chi connectivity index (χ0v) is 13.7. The van der Waals surface area contributed by atoms with E-state index in [0.29, 0.717) is 34.6 Å². The molecular formula is C16H16ClNO3S. The highest BCUT2D eigenvalue weighted by atomic mass is 35.5. The summed E-state index contributed by atoms with van der Waals surface area (Å²) >= 11 is 7.74. The molecule has 1 aliphatic heterocycles. The lowest BCUT2D eigenvalue weighted by molar-refractivity contribution is 0.0944. The zero-order chi connectivity index (χ0) is 15.5. The number of carbonyl (C=O) groups is 1. The van der Waals surface area contributed by atoms with Gasteiger partial charge in [0.15, 0.2) is 11.5 Å². The number of amides is 1. The minimum absolute atomic E-state index is 0.106. The summed E-state index contributed by atoms with van der Waals surface area (Å²) in [5.41, 5.74) is 0.816. The third-order valence-corrected chi connectivity index (χ3v) is 4.62. The summed E-state index contributed by atoms with van der Waals surface area (Å²) in [7, 11) is 0. The molecule has 1 N–H and O–H groups in total. The second-order valence-corrected chi connectivity index (χ2v) is 6.40. The first kappa shape index (κ1) is 15.2. The molecule has 6 heteroatoms. The summed E-state index contributed by atoms with van der Waals surface area (Å²) in [5, 5.41) is 5.39. The number of carbonyl (C=O) groups excluding carboxylic acids is 1. The van der Waals surface area contributed by atoms with Gasteiger partial charge in [-0.1, -0.05) is 17.7 Å². The maximum Gasteiger partial charge on any atom is 0.261 e. The first-order valence-electron chi connectivity index (χ1n) is 7.08. The maximum absolute atomic E-state index is 12.1. The van der Waals surface area contributed by atoms with Gasteiger partial charge >= 0.3 is 0 Å². The average Bonchev–Trinajstić information content (AvgIpc) is 2.94. The molecule has 0 aliphatic carbocycles. The van der Waals surface area contributed by atoms with E-state index in [2.05, 4.69) is 5.32 Å². The Kier molecular flexibility index (Phi) is 4.55. The van der Waals surface area contributed by atoms with Crippen LogP contribution in [0.1, 0.15) is 34.6 Å². The van der Waals surface area contributed by atoms with Gasteiger partial charge in [0, 0.05) is 17.5 Å². The molecule has 1 unspecified atom stereocenters. The summed E-state index contributed by atoms with van der Waals surface area (Å²) < 4.78 is 11.3. The Hall–Kier alpha value is -1.72. The average molecular weight is 338 g/mol. The third kappa shape index (κ3) is 3.20. The monoisotopic (exact) mass is 337 g/mol. The van der Waals surface area contributed by atoms with Crippen LogP contribution in [0.5, 0.6) is 11.5 Å². The predicted octanol–water partition coefficient (Wildman–Crippen LogP) is 4.05. The fourth-order valence-corrected chi connectivity index (χ4v) is 3.23. The summed E-state index contributed by atoms with van der Waals surface area (Å²) in [4.78, 5) is 12.8. The molecule has 116 valence electrons. The van der Waals surface area contributed by atoms with Gasteiger partial charge in [0.1, 0.15) is 0 Å². The number of benzene rings is 1. The fourth-order valence-electron chi connectivity index (χ4n) is 2.28. The van der Waals surface area contributed by atoms with Crippen molar-refractivity contribution >= 4 is 28.8 Å². The second-order valence-electron chi connectivity index (χ2n) is 5.04. The van der Waals surface area contributed by atoms with E-state index in [4.69, 9.17) is 21.1 Å². The van der Waals surface area contributed by atoms with E-state index in [1.807, 2.05) is 24.4 Å². The second kappa shape index (κ2) is 6.58. The molecule has 1 atom stereocenters. The lowest BCUT2D eigenvalue weighted by Crippen LogP contribution is -2.26. The maximum atomic E-state index is 12.1. The number of ether oxygens (including phenoxy) is 2. The third-order valence-electron chi connectivity index (χ3n) is 3.43. The Bertz CT molecular complexity index is 672. The van der Waals surface area contributed by atoms with Gasteiger partial charge < -0.3 is 14.8 Å². The largest absolute Gasteiger partial charge is 0.490 e. The van der Waals surface area contributed by atoms with E-state index in [1.54, 1.807) is 12.1 Å². The SMILES string of the molecule is CC(NC(=O)c1cccs1)c1cc2c(cc1Cl)OCCCO2. The van der Waals surface area contributed by atoms with Crippen LogP contribution >= 0.6 is 22.9 Å². The summed E-state index contributed by atoms with van der Waals surface area (Å²) in [6, 6.07) is 7.03. The molecule has 0 spiro atoms. The van der Waals surface area contributed by atoms with Crippen molar-refractivity contribution in [2.45, 2.75) is 19.4 Å². The number of nitrogens with one attached hydrogen (secondary N) is 1. The van der Waals surface area contributed by atoms with Crippen LogP contribution < -0.4 is 14.8 Å². The smallest absolute Gasteiger partial charge is 0.261 e. The van der Waals surface area contributed by atoms with Crippen molar-refractivity contribution in [3.63, 3.8) is 0 Å². The highest BCUT2D eigenvalue weighted by Gasteiger charge is 2.19. The predicted molar refractivity (Wildman–Crippen MR) is 87.3 cm³/mol. The van der Waals surface area contributed by atoms with Gasteiger partial charge in [0.05, 0.1) is 24.1 Å². The van der Waals surface area contributed by atoms with Crippen LogP contribution in [-0.4, -0.2) is 19.1 Å². The lowest BCUT2D eigenvalue weighted by atomic mass is 10.1. The van der Waals surface area contributed by atoms with E-state index < -0.39 is 0 Å². The van der Waals surface area contributed by atoms with Crippen LogP contribution in [0.3, 0.4) is 0 Å². The van der Waals surface area contributed by atoms with Crippen molar-refractivity contribution in [2.24, 2.45) is 0 Å². The summed E-state index contributed by atoms with van der Waals surface area (Å²) in [5.74, 6) is 1.22. The molecule has 2 heterocycles. The molecule has 1 amide bonds. The van der Waals surface area contributed by atoms with Gasteiger partial charge in [-0.2, -0.15) is 0 Å². The van der Waals surface area contributed by atoms with Crippen molar-refractivity contribution in [3.8, 4) is 11.5 Å². The molecule has 0 bridgehead atoms. The lowest BCUT2D eigenvalue weighted by Gasteiger charge is -2.17. The summed E-state index contributed by atoms with van der Waals surface area (Å²) in [6.07, 6.45) is 0.840. The van der Waals surface area contributed by atoms with Crippen LogP contribution in [0, 0.1) is 0 Å². The molecule has 22 heavy (non-hydrogen) atoms. The van der Waals surface area contributed by atoms with E-state index in [0.717, 1.165) is 12.0 Å². The van der Waals surface area contributed by atoms with Gasteiger partial charge in [-0.25, -0.2) is 0 Å². The minimum atomic E-state index is -0.223. The number of fused-ring (bicyclic) bond motifs is 1. The fraction of sp³-hybridized carbons (Fsp3) is 0.312. The Labute approximate surface area is 138 Å². The van der Waals surface area contributed by atoms with Crippen molar-refractivity contribution in [1.82, 2.24) is 5.32 Å². The van der Waals surface area contributed by atoms with E-state index in [9.17, 15) is 4.79 Å². The molecule has 3 rings (SSSR count).